The number of rotatable bonds is 7. The molecule has 4 rings (SSSR count). The molecule has 2 aromatic heterocycles. The van der Waals surface area contributed by atoms with E-state index in [1.807, 2.05) is 38.1 Å². The van der Waals surface area contributed by atoms with E-state index in [0.29, 0.717) is 36.0 Å². The number of fused-ring (bicyclic) bond motifs is 1. The van der Waals surface area contributed by atoms with E-state index >= 15 is 0 Å². The fraction of sp³-hybridized carbons (Fsp3) is 0.478. The van der Waals surface area contributed by atoms with Crippen LogP contribution in [0.3, 0.4) is 0 Å². The highest BCUT2D eigenvalue weighted by Crippen LogP contribution is 2.29. The summed E-state index contributed by atoms with van der Waals surface area (Å²) in [6.07, 6.45) is 5.45. The molecule has 8 heteroatoms. The number of ether oxygens (including phenoxy) is 1. The summed E-state index contributed by atoms with van der Waals surface area (Å²) >= 11 is 0. The van der Waals surface area contributed by atoms with Crippen molar-refractivity contribution in [2.24, 2.45) is 0 Å². The number of aromatic nitrogens is 3. The Balaban J connectivity index is 1.50. The van der Waals surface area contributed by atoms with Crippen molar-refractivity contribution in [3.63, 3.8) is 0 Å². The molecule has 1 amide bonds. The molecule has 164 valence electrons. The van der Waals surface area contributed by atoms with Gasteiger partial charge >= 0.3 is 0 Å². The number of nitrogens with one attached hydrogen (secondary N) is 1. The van der Waals surface area contributed by atoms with Gasteiger partial charge in [0.15, 0.2) is 0 Å². The van der Waals surface area contributed by atoms with Crippen molar-refractivity contribution >= 4 is 28.5 Å². The van der Waals surface area contributed by atoms with Crippen LogP contribution in [0, 0.1) is 6.92 Å². The molecule has 8 nitrogen and oxygen atoms in total. The lowest BCUT2D eigenvalue weighted by Crippen LogP contribution is -2.26. The van der Waals surface area contributed by atoms with Gasteiger partial charge in [-0.3, -0.25) is 4.79 Å². The third-order valence-corrected chi connectivity index (χ3v) is 5.48. The number of hydrogen-bond acceptors (Lipinski definition) is 7. The minimum Gasteiger partial charge on any atom is -0.492 e. The number of benzene rings is 1. The van der Waals surface area contributed by atoms with Crippen LogP contribution in [-0.4, -0.2) is 40.7 Å². The minimum absolute atomic E-state index is 0.110. The Morgan fingerprint density at radius 1 is 1.16 bits per heavy atom. The van der Waals surface area contributed by atoms with Crippen LogP contribution in [0.5, 0.6) is 5.75 Å². The number of carbonyl (C=O) groups is 1. The number of hydrogen-bond donors (Lipinski definition) is 1. The van der Waals surface area contributed by atoms with E-state index in [2.05, 4.69) is 20.4 Å². The van der Waals surface area contributed by atoms with Gasteiger partial charge in [-0.15, -0.1) is 0 Å². The maximum Gasteiger partial charge on any atom is 0.263 e. The van der Waals surface area contributed by atoms with E-state index < -0.39 is 0 Å². The van der Waals surface area contributed by atoms with Gasteiger partial charge in [-0.05, 0) is 38.8 Å². The molecule has 3 aromatic rings. The van der Waals surface area contributed by atoms with Gasteiger partial charge in [-0.1, -0.05) is 30.1 Å². The number of aryl methyl sites for hydroxylation is 2. The number of carbonyl (C=O) groups excluding carboxylic acids is 1. The largest absolute Gasteiger partial charge is 0.492 e. The Kier molecular flexibility index (Phi) is 6.64. The lowest BCUT2D eigenvalue weighted by atomic mass is 10.2. The molecule has 1 aliphatic heterocycles. The maximum absolute atomic E-state index is 12.6. The summed E-state index contributed by atoms with van der Waals surface area (Å²) in [6, 6.07) is 7.43. The van der Waals surface area contributed by atoms with Crippen molar-refractivity contribution in [1.82, 2.24) is 15.1 Å². The number of amides is 1. The van der Waals surface area contributed by atoms with E-state index in [1.165, 1.54) is 12.8 Å². The van der Waals surface area contributed by atoms with Crippen LogP contribution in [0.15, 0.2) is 28.8 Å². The third kappa shape index (κ3) is 4.95. The minimum atomic E-state index is -0.110. The fourth-order valence-electron chi connectivity index (χ4n) is 3.92. The van der Waals surface area contributed by atoms with Gasteiger partial charge in [0.2, 0.25) is 5.91 Å². The quantitative estimate of drug-likeness (QED) is 0.606. The molecule has 3 heterocycles. The van der Waals surface area contributed by atoms with E-state index in [1.54, 1.807) is 0 Å². The lowest BCUT2D eigenvalue weighted by molar-refractivity contribution is -0.116. The molecule has 1 aliphatic rings. The normalized spacial score (nSPS) is 14.5. The average Bonchev–Trinajstić information content (AvgIpc) is 2.97. The van der Waals surface area contributed by atoms with Gasteiger partial charge in [-0.25, -0.2) is 4.98 Å². The standard InChI is InChI=1S/C23H29N5O3/c1-3-30-18-11-7-6-10-17(18)24-20(29)13-12-19-25-22(28-14-8-4-5-9-15-28)21-16(2)27-31-23(21)26-19/h6-7,10-11H,3-5,8-9,12-15H2,1-2H3,(H,24,29). The Labute approximate surface area is 182 Å². The molecular weight excluding hydrogens is 394 g/mol. The zero-order valence-electron chi connectivity index (χ0n) is 18.2. The Hall–Kier alpha value is -3.16. The monoisotopic (exact) mass is 423 g/mol. The molecule has 0 bridgehead atoms. The van der Waals surface area contributed by atoms with Crippen molar-refractivity contribution in [2.75, 3.05) is 29.9 Å². The lowest BCUT2D eigenvalue weighted by Gasteiger charge is -2.22. The summed E-state index contributed by atoms with van der Waals surface area (Å²) in [5.74, 6) is 2.02. The predicted molar refractivity (Wildman–Crippen MR) is 120 cm³/mol. The van der Waals surface area contributed by atoms with Crippen molar-refractivity contribution in [3.8, 4) is 5.75 Å². The molecule has 0 spiro atoms. The highest BCUT2D eigenvalue weighted by molar-refractivity contribution is 5.92. The molecule has 1 fully saturated rings. The zero-order valence-corrected chi connectivity index (χ0v) is 18.2. The van der Waals surface area contributed by atoms with Gasteiger partial charge in [-0.2, -0.15) is 4.98 Å². The van der Waals surface area contributed by atoms with Crippen LogP contribution < -0.4 is 15.0 Å². The van der Waals surface area contributed by atoms with Crippen molar-refractivity contribution in [2.45, 2.75) is 52.4 Å². The highest BCUT2D eigenvalue weighted by atomic mass is 16.5. The Bertz CT molecular complexity index is 1040. The fourth-order valence-corrected chi connectivity index (χ4v) is 3.92. The third-order valence-electron chi connectivity index (χ3n) is 5.48. The van der Waals surface area contributed by atoms with Crippen LogP contribution in [0.1, 0.15) is 50.5 Å². The second kappa shape index (κ2) is 9.76. The summed E-state index contributed by atoms with van der Waals surface area (Å²) in [4.78, 5) is 24.2. The number of para-hydroxylation sites is 2. The Morgan fingerprint density at radius 3 is 2.71 bits per heavy atom. The van der Waals surface area contributed by atoms with Crippen LogP contribution in [0.25, 0.3) is 11.1 Å². The summed E-state index contributed by atoms with van der Waals surface area (Å²) < 4.78 is 11.0. The number of anilines is 2. The van der Waals surface area contributed by atoms with Crippen molar-refractivity contribution in [3.05, 3.63) is 35.8 Å². The first-order chi connectivity index (χ1) is 15.2. The summed E-state index contributed by atoms with van der Waals surface area (Å²) in [6.45, 7) is 6.30. The van der Waals surface area contributed by atoms with Crippen LogP contribution in [0.2, 0.25) is 0 Å². The van der Waals surface area contributed by atoms with Gasteiger partial charge in [0.25, 0.3) is 5.71 Å². The summed E-state index contributed by atoms with van der Waals surface area (Å²) in [5.41, 5.74) is 1.96. The molecule has 0 saturated carbocycles. The second-order valence-electron chi connectivity index (χ2n) is 7.79. The van der Waals surface area contributed by atoms with Crippen LogP contribution in [0.4, 0.5) is 11.5 Å². The summed E-state index contributed by atoms with van der Waals surface area (Å²) in [7, 11) is 0. The molecule has 1 N–H and O–H groups in total. The zero-order chi connectivity index (χ0) is 21.6. The first-order valence-corrected chi connectivity index (χ1v) is 11.0. The summed E-state index contributed by atoms with van der Waals surface area (Å²) in [5, 5.41) is 7.90. The van der Waals surface area contributed by atoms with E-state index in [4.69, 9.17) is 14.2 Å². The van der Waals surface area contributed by atoms with Gasteiger partial charge in [0.05, 0.1) is 18.0 Å². The van der Waals surface area contributed by atoms with Crippen molar-refractivity contribution in [1.29, 1.82) is 0 Å². The molecule has 31 heavy (non-hydrogen) atoms. The molecule has 0 aliphatic carbocycles. The molecule has 0 unspecified atom stereocenters. The van der Waals surface area contributed by atoms with E-state index in [0.717, 1.165) is 42.8 Å². The molecule has 1 saturated heterocycles. The second-order valence-corrected chi connectivity index (χ2v) is 7.79. The SMILES string of the molecule is CCOc1ccccc1NC(=O)CCc1nc(N2CCCCCC2)c2c(C)noc2n1. The molecular formula is C23H29N5O3. The first kappa shape index (κ1) is 21.1. The van der Waals surface area contributed by atoms with Crippen LogP contribution >= 0.6 is 0 Å². The number of nitrogens with zero attached hydrogens (tertiary/aromatic N) is 4. The van der Waals surface area contributed by atoms with E-state index in [-0.39, 0.29) is 12.3 Å². The molecule has 0 atom stereocenters. The predicted octanol–water partition coefficient (Wildman–Crippen LogP) is 4.28. The average molecular weight is 424 g/mol. The smallest absolute Gasteiger partial charge is 0.263 e. The van der Waals surface area contributed by atoms with Crippen molar-refractivity contribution < 1.29 is 14.1 Å². The Morgan fingerprint density at radius 2 is 1.94 bits per heavy atom. The van der Waals surface area contributed by atoms with Gasteiger partial charge < -0.3 is 19.5 Å². The van der Waals surface area contributed by atoms with Crippen LogP contribution in [-0.2, 0) is 11.2 Å². The first-order valence-electron chi connectivity index (χ1n) is 11.0. The van der Waals surface area contributed by atoms with Gasteiger partial charge in [0, 0.05) is 25.9 Å². The maximum atomic E-state index is 12.6. The highest BCUT2D eigenvalue weighted by Gasteiger charge is 2.21. The van der Waals surface area contributed by atoms with E-state index in [9.17, 15) is 4.79 Å². The molecule has 1 aromatic carbocycles. The van der Waals surface area contributed by atoms with Gasteiger partial charge in [0.1, 0.15) is 22.8 Å². The topological polar surface area (TPSA) is 93.4 Å². The molecule has 0 radical (unpaired) electrons.